The zero-order valence-electron chi connectivity index (χ0n) is 31.7. The van der Waals surface area contributed by atoms with E-state index in [0.29, 0.717) is 46.8 Å². The van der Waals surface area contributed by atoms with Crippen molar-refractivity contribution in [2.45, 2.75) is 49.9 Å². The predicted molar refractivity (Wildman–Crippen MR) is 208 cm³/mol. The van der Waals surface area contributed by atoms with Gasteiger partial charge in [0.1, 0.15) is 29.7 Å². The summed E-state index contributed by atoms with van der Waals surface area (Å²) in [4.78, 5) is 44.2. The highest BCUT2D eigenvalue weighted by Gasteiger charge is 2.63. The number of nitrogens with one attached hydrogen (secondary N) is 1. The van der Waals surface area contributed by atoms with Crippen molar-refractivity contribution in [1.82, 2.24) is 30.0 Å². The fraction of sp³-hybridized carbons (Fsp3) is 0.317. The Labute approximate surface area is 345 Å². The van der Waals surface area contributed by atoms with Gasteiger partial charge in [-0.25, -0.2) is 18.2 Å². The van der Waals surface area contributed by atoms with Gasteiger partial charge in [0.05, 0.1) is 22.0 Å². The first-order chi connectivity index (χ1) is 29.0. The number of pyridine rings is 2. The van der Waals surface area contributed by atoms with Gasteiger partial charge in [-0.2, -0.15) is 32.0 Å². The molecular weight excluding hydrogens is 835 g/mol. The van der Waals surface area contributed by atoms with Crippen LogP contribution in [0.15, 0.2) is 67.0 Å². The molecule has 2 amide bonds. The number of aromatic nitrogens is 5. The Morgan fingerprint density at radius 2 is 1.62 bits per heavy atom. The summed E-state index contributed by atoms with van der Waals surface area (Å²) < 4.78 is 119. The third-order valence-electron chi connectivity index (χ3n) is 11.5. The van der Waals surface area contributed by atoms with E-state index in [9.17, 15) is 35.9 Å². The first kappa shape index (κ1) is 40.2. The van der Waals surface area contributed by atoms with Crippen LogP contribution >= 0.6 is 11.3 Å². The zero-order chi connectivity index (χ0) is 43.0. The number of alkyl halides is 5. The van der Waals surface area contributed by atoms with Crippen LogP contribution in [0.2, 0.25) is 0 Å². The van der Waals surface area contributed by atoms with Crippen LogP contribution in [-0.4, -0.2) is 62.7 Å². The monoisotopic (exact) mass is 867 g/mol. The molecule has 20 heteroatoms. The molecule has 6 aromatic rings. The molecule has 2 aliphatic carbocycles. The van der Waals surface area contributed by atoms with Crippen molar-refractivity contribution in [2.24, 2.45) is 11.7 Å². The molecule has 5 heterocycles. The largest absolute Gasteiger partial charge is 0.435 e. The number of benzene rings is 2. The Kier molecular flexibility index (Phi) is 9.94. The van der Waals surface area contributed by atoms with Crippen LogP contribution < -0.4 is 20.9 Å². The number of hydrogen-bond donors (Lipinski definition) is 2. The summed E-state index contributed by atoms with van der Waals surface area (Å²) in [5, 5.41) is 6.73. The Bertz CT molecular complexity index is 2680. The van der Waals surface area contributed by atoms with Crippen molar-refractivity contribution in [2.75, 3.05) is 36.0 Å². The van der Waals surface area contributed by atoms with Gasteiger partial charge in [-0.05, 0) is 78.8 Å². The standard InChI is InChI=1S/C41H33F8N9O2S/c42-22-13-20(14-23(43)17-22)15-30(52-32(59)19-58-36-33(35(55-58)41(47,48)49)25-2-3-28(25)40(36,45)46)34-26(21-1-4-29(44)27(16-21)37(50)60)18-31-38(53-34)54-39(61-31)57-11-9-56(10-12-57)24-5-7-51-8-6-24/h1,4-8,13-14,16-18,25,28,30H,2-3,9-12,15,19H2,(H2,50,60)(H,52,59)/t25-,28+,30-/m0/s1. The first-order valence-electron chi connectivity index (χ1n) is 19.2. The van der Waals surface area contributed by atoms with Crippen LogP contribution in [0.3, 0.4) is 0 Å². The lowest BCUT2D eigenvalue weighted by atomic mass is 9.73. The fourth-order valence-corrected chi connectivity index (χ4v) is 9.60. The number of primary amides is 1. The van der Waals surface area contributed by atoms with E-state index in [2.05, 4.69) is 25.2 Å². The molecule has 3 aliphatic rings. The molecule has 3 atom stereocenters. The number of fused-ring (bicyclic) bond motifs is 4. The number of nitrogens with zero attached hydrogens (tertiary/aromatic N) is 7. The smallest absolute Gasteiger partial charge is 0.368 e. The number of amides is 2. The van der Waals surface area contributed by atoms with E-state index in [-0.39, 0.29) is 47.3 Å². The van der Waals surface area contributed by atoms with Gasteiger partial charge in [0.2, 0.25) is 5.91 Å². The summed E-state index contributed by atoms with van der Waals surface area (Å²) in [6.45, 7) is 1.40. The van der Waals surface area contributed by atoms with Gasteiger partial charge in [-0.3, -0.25) is 19.3 Å². The maximum absolute atomic E-state index is 15.7. The summed E-state index contributed by atoms with van der Waals surface area (Å²) in [5.74, 6) is -11.1. The van der Waals surface area contributed by atoms with Crippen LogP contribution in [-0.2, 0) is 29.9 Å². The second kappa shape index (κ2) is 15.1. The van der Waals surface area contributed by atoms with Gasteiger partial charge in [0.15, 0.2) is 16.5 Å². The summed E-state index contributed by atoms with van der Waals surface area (Å²) in [6, 6.07) is 10.2. The third kappa shape index (κ3) is 7.39. The van der Waals surface area contributed by atoms with Gasteiger partial charge in [-0.1, -0.05) is 17.4 Å². The maximum atomic E-state index is 15.7. The second-order valence-electron chi connectivity index (χ2n) is 15.3. The predicted octanol–water partition coefficient (Wildman–Crippen LogP) is 7.51. The average Bonchev–Trinajstić information content (AvgIpc) is 3.82. The van der Waals surface area contributed by atoms with Crippen LogP contribution in [0.1, 0.15) is 63.4 Å². The molecule has 0 bridgehead atoms. The minimum atomic E-state index is -5.08. The zero-order valence-corrected chi connectivity index (χ0v) is 32.5. The number of halogens is 8. The molecule has 61 heavy (non-hydrogen) atoms. The third-order valence-corrected chi connectivity index (χ3v) is 12.6. The van der Waals surface area contributed by atoms with Gasteiger partial charge in [-0.15, -0.1) is 0 Å². The lowest BCUT2D eigenvalue weighted by Gasteiger charge is -2.35. The van der Waals surface area contributed by atoms with E-state index in [1.54, 1.807) is 18.5 Å². The quantitative estimate of drug-likeness (QED) is 0.135. The van der Waals surface area contributed by atoms with E-state index in [4.69, 9.17) is 15.7 Å². The number of thiazole rings is 1. The van der Waals surface area contributed by atoms with E-state index in [0.717, 1.165) is 23.9 Å². The number of hydrogen-bond acceptors (Lipinski definition) is 9. The molecule has 1 aliphatic heterocycles. The fourth-order valence-electron chi connectivity index (χ4n) is 8.60. The van der Waals surface area contributed by atoms with Crippen molar-refractivity contribution < 1.29 is 44.7 Å². The normalized spacial score (nSPS) is 18.8. The summed E-state index contributed by atoms with van der Waals surface area (Å²) in [7, 11) is 0. The minimum absolute atomic E-state index is 0.0000283. The van der Waals surface area contributed by atoms with Crippen molar-refractivity contribution in [3.8, 4) is 11.1 Å². The highest BCUT2D eigenvalue weighted by molar-refractivity contribution is 7.22. The molecule has 4 aromatic heterocycles. The molecule has 0 spiro atoms. The van der Waals surface area contributed by atoms with Crippen LogP contribution in [0.25, 0.3) is 21.5 Å². The average molecular weight is 868 g/mol. The molecule has 1 saturated heterocycles. The summed E-state index contributed by atoms with van der Waals surface area (Å²) >= 11 is 1.29. The van der Waals surface area contributed by atoms with E-state index < -0.39 is 88.3 Å². The molecule has 2 aromatic carbocycles. The van der Waals surface area contributed by atoms with Crippen molar-refractivity contribution in [3.05, 3.63) is 118 Å². The van der Waals surface area contributed by atoms with E-state index in [1.807, 2.05) is 12.1 Å². The second-order valence-corrected chi connectivity index (χ2v) is 16.3. The minimum Gasteiger partial charge on any atom is -0.368 e. The van der Waals surface area contributed by atoms with Gasteiger partial charge < -0.3 is 20.9 Å². The molecule has 2 fully saturated rings. The number of anilines is 2. The number of rotatable bonds is 10. The van der Waals surface area contributed by atoms with E-state index >= 15 is 8.78 Å². The maximum Gasteiger partial charge on any atom is 0.435 e. The van der Waals surface area contributed by atoms with Gasteiger partial charge in [0.25, 0.3) is 11.8 Å². The number of carbonyl (C=O) groups is 2. The number of nitrogens with two attached hydrogens (primary N) is 1. The highest BCUT2D eigenvalue weighted by atomic mass is 32.1. The molecule has 316 valence electrons. The molecule has 1 saturated carbocycles. The first-order valence-corrected chi connectivity index (χ1v) is 20.0. The molecule has 0 unspecified atom stereocenters. The molecule has 0 radical (unpaired) electrons. The SMILES string of the molecule is NC(=O)c1cc(-c2cc3sc(N4CCN(c5ccncc5)CC4)nc3nc2[C@H](Cc2cc(F)cc(F)c2)NC(=O)Cn2nc(C(F)(F)F)c3c2C(F)(F)[C@@H]2CC[C@H]32)ccc1F. The van der Waals surface area contributed by atoms with Crippen LogP contribution in [0.5, 0.6) is 0 Å². The molecule has 9 rings (SSSR count). The van der Waals surface area contributed by atoms with Crippen LogP contribution in [0.4, 0.5) is 45.9 Å². The Morgan fingerprint density at radius 3 is 2.28 bits per heavy atom. The molecular formula is C41H33F8N9O2S. The van der Waals surface area contributed by atoms with E-state index in [1.165, 1.54) is 23.5 Å². The Hall–Kier alpha value is -6.18. The lowest BCUT2D eigenvalue weighted by molar-refractivity contribution is -0.144. The van der Waals surface area contributed by atoms with Crippen molar-refractivity contribution in [1.29, 1.82) is 0 Å². The van der Waals surface area contributed by atoms with Gasteiger partial charge >= 0.3 is 6.18 Å². The lowest BCUT2D eigenvalue weighted by Crippen LogP contribution is -2.46. The Morgan fingerprint density at radius 1 is 0.918 bits per heavy atom. The Balaban J connectivity index is 1.12. The number of piperazine rings is 1. The van der Waals surface area contributed by atoms with Crippen molar-refractivity contribution >= 4 is 44.3 Å². The molecule has 11 nitrogen and oxygen atoms in total. The van der Waals surface area contributed by atoms with Crippen molar-refractivity contribution in [3.63, 3.8) is 0 Å². The summed E-state index contributed by atoms with van der Waals surface area (Å²) in [5.41, 5.74) is 3.53. The summed E-state index contributed by atoms with van der Waals surface area (Å²) in [6.07, 6.45) is -1.94. The van der Waals surface area contributed by atoms with Gasteiger partial charge in [0, 0.05) is 67.4 Å². The molecule has 3 N–H and O–H groups in total. The van der Waals surface area contributed by atoms with Crippen LogP contribution in [0, 0.1) is 23.4 Å². The number of carbonyl (C=O) groups excluding carboxylic acids is 2. The highest BCUT2D eigenvalue weighted by Crippen LogP contribution is 2.64. The topological polar surface area (TPSA) is 135 Å².